The fourth-order valence-electron chi connectivity index (χ4n) is 4.02. The summed E-state index contributed by atoms with van der Waals surface area (Å²) in [6, 6.07) is 18.7. The fraction of sp³-hybridized carbons (Fsp3) is 0.310. The van der Waals surface area contributed by atoms with E-state index in [-0.39, 0.29) is 17.3 Å². The van der Waals surface area contributed by atoms with Crippen LogP contribution in [0.15, 0.2) is 77.7 Å². The summed E-state index contributed by atoms with van der Waals surface area (Å²) in [5.41, 5.74) is 1.06. The Morgan fingerprint density at radius 2 is 1.56 bits per heavy atom. The lowest BCUT2D eigenvalue weighted by Crippen LogP contribution is -2.54. The second-order valence-electron chi connectivity index (χ2n) is 10.3. The number of carbonyl (C=O) groups is 2. The third-order valence-electron chi connectivity index (χ3n) is 5.95. The molecule has 0 saturated carbocycles. The second kappa shape index (κ2) is 12.4. The number of rotatable bonds is 9. The Kier molecular flexibility index (Phi) is 9.69. The van der Waals surface area contributed by atoms with Crippen molar-refractivity contribution in [3.8, 4) is 0 Å². The van der Waals surface area contributed by atoms with Gasteiger partial charge in [0.05, 0.1) is 10.6 Å². The van der Waals surface area contributed by atoms with E-state index >= 15 is 0 Å². The summed E-state index contributed by atoms with van der Waals surface area (Å²) in [7, 11) is -4.15. The van der Waals surface area contributed by atoms with Crippen LogP contribution >= 0.6 is 23.2 Å². The van der Waals surface area contributed by atoms with Crippen molar-refractivity contribution < 1.29 is 18.0 Å². The van der Waals surface area contributed by atoms with Crippen LogP contribution < -0.4 is 9.62 Å². The van der Waals surface area contributed by atoms with Crippen molar-refractivity contribution in [2.24, 2.45) is 0 Å². The van der Waals surface area contributed by atoms with Crippen LogP contribution in [0.5, 0.6) is 0 Å². The smallest absolute Gasteiger partial charge is 0.264 e. The zero-order valence-corrected chi connectivity index (χ0v) is 24.9. The van der Waals surface area contributed by atoms with Crippen LogP contribution in [0.4, 0.5) is 5.69 Å². The highest BCUT2D eigenvalue weighted by Crippen LogP contribution is 2.29. The van der Waals surface area contributed by atoms with Crippen LogP contribution in [0.2, 0.25) is 10.0 Å². The number of sulfonamides is 1. The normalized spacial score (nSPS) is 12.5. The van der Waals surface area contributed by atoms with E-state index in [1.165, 1.54) is 17.0 Å². The van der Waals surface area contributed by atoms with Crippen molar-refractivity contribution in [1.82, 2.24) is 10.2 Å². The van der Waals surface area contributed by atoms with Gasteiger partial charge in [-0.3, -0.25) is 13.9 Å². The Bertz CT molecular complexity index is 1440. The first kappa shape index (κ1) is 30.5. The van der Waals surface area contributed by atoms with E-state index in [1.54, 1.807) is 74.5 Å². The Hall–Kier alpha value is -3.07. The summed E-state index contributed by atoms with van der Waals surface area (Å²) >= 11 is 12.3. The molecule has 7 nitrogen and oxygen atoms in total. The van der Waals surface area contributed by atoms with E-state index in [4.69, 9.17) is 23.2 Å². The lowest BCUT2D eigenvalue weighted by Gasteiger charge is -2.34. The van der Waals surface area contributed by atoms with Crippen LogP contribution in [0.1, 0.15) is 38.8 Å². The molecule has 0 unspecified atom stereocenters. The largest absolute Gasteiger partial charge is 0.350 e. The molecule has 0 bridgehead atoms. The van der Waals surface area contributed by atoms with Gasteiger partial charge in [-0.2, -0.15) is 0 Å². The molecule has 0 aliphatic rings. The van der Waals surface area contributed by atoms with Gasteiger partial charge in [-0.25, -0.2) is 8.42 Å². The van der Waals surface area contributed by atoms with E-state index in [0.29, 0.717) is 26.9 Å². The van der Waals surface area contributed by atoms with Crippen molar-refractivity contribution in [1.29, 1.82) is 0 Å². The molecular formula is C29H33Cl2N3O4S. The maximum Gasteiger partial charge on any atom is 0.264 e. The minimum Gasteiger partial charge on any atom is -0.350 e. The van der Waals surface area contributed by atoms with Crippen LogP contribution in [0, 0.1) is 6.92 Å². The van der Waals surface area contributed by atoms with Crippen LogP contribution in [-0.4, -0.2) is 43.3 Å². The van der Waals surface area contributed by atoms with E-state index in [1.807, 2.05) is 20.8 Å². The number of nitrogens with zero attached hydrogens (tertiary/aromatic N) is 2. The maximum atomic E-state index is 14.0. The van der Waals surface area contributed by atoms with E-state index in [0.717, 1.165) is 4.31 Å². The van der Waals surface area contributed by atoms with Gasteiger partial charge in [-0.05, 0) is 88.2 Å². The number of hydrogen-bond acceptors (Lipinski definition) is 4. The monoisotopic (exact) mass is 589 g/mol. The van der Waals surface area contributed by atoms with Gasteiger partial charge in [0, 0.05) is 22.1 Å². The van der Waals surface area contributed by atoms with E-state index in [2.05, 4.69) is 5.32 Å². The summed E-state index contributed by atoms with van der Waals surface area (Å²) in [6.07, 6.45) is 0. The molecule has 0 spiro atoms. The SMILES string of the molecule is Cc1cc(Cl)ccc1N(CC(=O)N(Cc1cccc(Cl)c1)[C@@H](C)C(=O)NC(C)(C)C)S(=O)(=O)c1ccccc1. The van der Waals surface area contributed by atoms with Crippen molar-refractivity contribution in [2.45, 2.75) is 57.6 Å². The number of aryl methyl sites for hydroxylation is 1. The van der Waals surface area contributed by atoms with Crippen LogP contribution in [0.3, 0.4) is 0 Å². The van der Waals surface area contributed by atoms with Crippen molar-refractivity contribution >= 4 is 50.7 Å². The predicted octanol–water partition coefficient (Wildman–Crippen LogP) is 5.83. The first-order valence-electron chi connectivity index (χ1n) is 12.4. The zero-order valence-electron chi connectivity index (χ0n) is 22.6. The topological polar surface area (TPSA) is 86.8 Å². The standard InChI is InChI=1S/C29H33Cl2N3O4S/c1-20-16-24(31)14-15-26(20)34(39(37,38)25-12-7-6-8-13-25)19-27(35)33(18-22-10-9-11-23(30)17-22)21(2)28(36)32-29(3,4)5/h6-17,21H,18-19H2,1-5H3,(H,32,36)/t21-/m0/s1. The molecule has 2 amide bonds. The third-order valence-corrected chi connectivity index (χ3v) is 8.19. The van der Waals surface area contributed by atoms with Gasteiger partial charge < -0.3 is 10.2 Å². The van der Waals surface area contributed by atoms with Gasteiger partial charge in [0.25, 0.3) is 10.0 Å². The number of carbonyl (C=O) groups excluding carboxylic acids is 2. The second-order valence-corrected chi connectivity index (χ2v) is 13.1. The highest BCUT2D eigenvalue weighted by molar-refractivity contribution is 7.92. The molecule has 0 heterocycles. The molecule has 208 valence electrons. The Morgan fingerprint density at radius 3 is 2.15 bits per heavy atom. The number of nitrogens with one attached hydrogen (secondary N) is 1. The highest BCUT2D eigenvalue weighted by atomic mass is 35.5. The highest BCUT2D eigenvalue weighted by Gasteiger charge is 2.33. The Morgan fingerprint density at radius 1 is 0.923 bits per heavy atom. The third kappa shape index (κ3) is 7.97. The average Bonchev–Trinajstić information content (AvgIpc) is 2.85. The first-order valence-corrected chi connectivity index (χ1v) is 14.6. The molecule has 3 rings (SSSR count). The Labute approximate surface area is 240 Å². The molecule has 3 aromatic rings. The fourth-order valence-corrected chi connectivity index (χ4v) is 5.96. The van der Waals surface area contributed by atoms with Crippen LogP contribution in [0.25, 0.3) is 0 Å². The first-order chi connectivity index (χ1) is 18.2. The quantitative estimate of drug-likeness (QED) is 0.340. The lowest BCUT2D eigenvalue weighted by molar-refractivity contribution is -0.140. The number of hydrogen-bond donors (Lipinski definition) is 1. The lowest BCUT2D eigenvalue weighted by atomic mass is 10.1. The molecule has 0 aliphatic heterocycles. The molecule has 0 aliphatic carbocycles. The molecule has 3 aromatic carbocycles. The van der Waals surface area contributed by atoms with Gasteiger partial charge in [-0.15, -0.1) is 0 Å². The van der Waals surface area contributed by atoms with Gasteiger partial charge in [0.1, 0.15) is 12.6 Å². The molecule has 0 aromatic heterocycles. The number of amides is 2. The molecule has 0 saturated heterocycles. The molecule has 10 heteroatoms. The molecule has 1 atom stereocenters. The van der Waals surface area contributed by atoms with Crippen molar-refractivity contribution in [2.75, 3.05) is 10.8 Å². The Balaban J connectivity index is 2.06. The zero-order chi connectivity index (χ0) is 29.0. The van der Waals surface area contributed by atoms with E-state index in [9.17, 15) is 18.0 Å². The summed E-state index contributed by atoms with van der Waals surface area (Å²) in [4.78, 5) is 28.5. The van der Waals surface area contributed by atoms with Crippen LogP contribution in [-0.2, 0) is 26.2 Å². The summed E-state index contributed by atoms with van der Waals surface area (Å²) < 4.78 is 28.8. The molecule has 0 fully saturated rings. The molecule has 0 radical (unpaired) electrons. The van der Waals surface area contributed by atoms with Gasteiger partial charge in [0.2, 0.25) is 11.8 Å². The van der Waals surface area contributed by atoms with Crippen molar-refractivity contribution in [3.05, 3.63) is 94.0 Å². The molecule has 39 heavy (non-hydrogen) atoms. The predicted molar refractivity (Wildman–Crippen MR) is 157 cm³/mol. The minimum absolute atomic E-state index is 0.0343. The van der Waals surface area contributed by atoms with E-state index < -0.39 is 34.1 Å². The summed E-state index contributed by atoms with van der Waals surface area (Å²) in [5.74, 6) is -0.918. The van der Waals surface area contributed by atoms with Gasteiger partial charge >= 0.3 is 0 Å². The number of anilines is 1. The summed E-state index contributed by atoms with van der Waals surface area (Å²) in [5, 5.41) is 3.83. The molecular weight excluding hydrogens is 557 g/mol. The van der Waals surface area contributed by atoms with Gasteiger partial charge in [0.15, 0.2) is 0 Å². The maximum absolute atomic E-state index is 14.0. The average molecular weight is 591 g/mol. The molecule has 1 N–H and O–H groups in total. The van der Waals surface area contributed by atoms with Gasteiger partial charge in [-0.1, -0.05) is 53.5 Å². The van der Waals surface area contributed by atoms with Crippen molar-refractivity contribution in [3.63, 3.8) is 0 Å². The minimum atomic E-state index is -4.15. The number of benzene rings is 3. The number of halogens is 2. The summed E-state index contributed by atoms with van der Waals surface area (Å²) in [6.45, 7) is 8.40.